The first-order valence-electron chi connectivity index (χ1n) is 4.64. The van der Waals surface area contributed by atoms with Crippen LogP contribution in [0.5, 0.6) is 5.88 Å². The van der Waals surface area contributed by atoms with E-state index in [1.54, 1.807) is 12.1 Å². The molecule has 0 saturated heterocycles. The van der Waals surface area contributed by atoms with Crippen molar-refractivity contribution in [3.05, 3.63) is 30.1 Å². The maximum absolute atomic E-state index is 11.2. The number of hydrogen-bond donors (Lipinski definition) is 1. The summed E-state index contributed by atoms with van der Waals surface area (Å²) in [6, 6.07) is 3.30. The molecule has 7 nitrogen and oxygen atoms in total. The predicted molar refractivity (Wildman–Crippen MR) is 56.1 cm³/mol. The van der Waals surface area contributed by atoms with Crippen molar-refractivity contribution in [2.24, 2.45) is 0 Å². The Bertz CT molecular complexity index is 545. The van der Waals surface area contributed by atoms with Crippen molar-refractivity contribution < 1.29 is 14.6 Å². The molecule has 2 heterocycles. The van der Waals surface area contributed by atoms with Crippen LogP contribution in [-0.4, -0.2) is 38.4 Å². The molecule has 86 valence electrons. The summed E-state index contributed by atoms with van der Waals surface area (Å²) in [6.45, 7) is 0. The number of carbonyl (C=O) groups is 1. The van der Waals surface area contributed by atoms with Gasteiger partial charge in [-0.15, -0.1) is 5.10 Å². The number of hydrogen-bond acceptors (Lipinski definition) is 7. The van der Waals surface area contributed by atoms with Crippen LogP contribution in [0.1, 0.15) is 10.4 Å². The van der Waals surface area contributed by atoms with Crippen LogP contribution in [-0.2, 0) is 4.74 Å². The van der Waals surface area contributed by atoms with Crippen LogP contribution in [0.25, 0.3) is 11.5 Å². The van der Waals surface area contributed by atoms with E-state index < -0.39 is 11.8 Å². The molecule has 2 aromatic heterocycles. The molecule has 7 heteroatoms. The first-order valence-corrected chi connectivity index (χ1v) is 4.64. The summed E-state index contributed by atoms with van der Waals surface area (Å²) in [7, 11) is 1.21. The van der Waals surface area contributed by atoms with E-state index in [1.165, 1.54) is 19.5 Å². The van der Waals surface area contributed by atoms with E-state index in [1.807, 2.05) is 0 Å². The third-order valence-corrected chi connectivity index (χ3v) is 1.98. The van der Waals surface area contributed by atoms with E-state index in [-0.39, 0.29) is 11.4 Å². The molecule has 0 aliphatic heterocycles. The first kappa shape index (κ1) is 10.9. The van der Waals surface area contributed by atoms with Crippen molar-refractivity contribution in [1.82, 2.24) is 20.2 Å². The average molecular weight is 232 g/mol. The Morgan fingerprint density at radius 1 is 1.47 bits per heavy atom. The highest BCUT2D eigenvalue weighted by Gasteiger charge is 2.15. The summed E-state index contributed by atoms with van der Waals surface area (Å²) >= 11 is 0. The Kier molecular flexibility index (Phi) is 2.91. The SMILES string of the molecule is COC(=O)c1cnc(-c2cccnn2)nc1O. The van der Waals surface area contributed by atoms with E-state index in [9.17, 15) is 9.90 Å². The van der Waals surface area contributed by atoms with Crippen molar-refractivity contribution in [2.45, 2.75) is 0 Å². The molecular weight excluding hydrogens is 224 g/mol. The van der Waals surface area contributed by atoms with Crippen LogP contribution in [0.15, 0.2) is 24.5 Å². The molecule has 0 aliphatic rings. The van der Waals surface area contributed by atoms with Crippen molar-refractivity contribution >= 4 is 5.97 Å². The second kappa shape index (κ2) is 4.52. The molecule has 0 bridgehead atoms. The molecule has 0 radical (unpaired) electrons. The van der Waals surface area contributed by atoms with E-state index in [0.29, 0.717) is 5.69 Å². The van der Waals surface area contributed by atoms with Gasteiger partial charge in [0.1, 0.15) is 11.3 Å². The molecule has 0 aromatic carbocycles. The first-order chi connectivity index (χ1) is 8.22. The minimum absolute atomic E-state index is 0.0971. The van der Waals surface area contributed by atoms with Crippen LogP contribution in [0.2, 0.25) is 0 Å². The molecule has 2 rings (SSSR count). The number of aromatic nitrogens is 4. The molecule has 0 spiro atoms. The fraction of sp³-hybridized carbons (Fsp3) is 0.100. The van der Waals surface area contributed by atoms with Crippen molar-refractivity contribution in [1.29, 1.82) is 0 Å². The Labute approximate surface area is 96.1 Å². The average Bonchev–Trinajstić information content (AvgIpc) is 2.39. The number of esters is 1. The van der Waals surface area contributed by atoms with Gasteiger partial charge in [-0.3, -0.25) is 0 Å². The molecule has 17 heavy (non-hydrogen) atoms. The molecular formula is C10H8N4O3. The molecule has 0 atom stereocenters. The van der Waals surface area contributed by atoms with Crippen LogP contribution in [0.4, 0.5) is 0 Å². The lowest BCUT2D eigenvalue weighted by atomic mass is 10.3. The topological polar surface area (TPSA) is 98.1 Å². The van der Waals surface area contributed by atoms with Gasteiger partial charge < -0.3 is 9.84 Å². The van der Waals surface area contributed by atoms with Gasteiger partial charge >= 0.3 is 5.97 Å². The second-order valence-corrected chi connectivity index (χ2v) is 3.03. The van der Waals surface area contributed by atoms with Crippen LogP contribution in [0.3, 0.4) is 0 Å². The standard InChI is InChI=1S/C10H8N4O3/c1-17-10(16)6-5-11-8(13-9(6)15)7-3-2-4-12-14-7/h2-5H,1H3,(H,11,13,15). The van der Waals surface area contributed by atoms with Gasteiger partial charge in [-0.1, -0.05) is 0 Å². The van der Waals surface area contributed by atoms with Gasteiger partial charge in [0.25, 0.3) is 0 Å². The Morgan fingerprint density at radius 2 is 2.29 bits per heavy atom. The molecule has 0 saturated carbocycles. The van der Waals surface area contributed by atoms with Gasteiger partial charge in [0.05, 0.1) is 7.11 Å². The highest BCUT2D eigenvalue weighted by molar-refractivity contribution is 5.91. The van der Waals surface area contributed by atoms with Crippen molar-refractivity contribution in [2.75, 3.05) is 7.11 Å². The van der Waals surface area contributed by atoms with E-state index >= 15 is 0 Å². The zero-order valence-electron chi connectivity index (χ0n) is 8.86. The highest BCUT2D eigenvalue weighted by Crippen LogP contribution is 2.18. The fourth-order valence-corrected chi connectivity index (χ4v) is 1.17. The zero-order chi connectivity index (χ0) is 12.3. The summed E-state index contributed by atoms with van der Waals surface area (Å²) in [4.78, 5) is 18.8. The van der Waals surface area contributed by atoms with Gasteiger partial charge in [0, 0.05) is 12.4 Å². The minimum Gasteiger partial charge on any atom is -0.493 e. The van der Waals surface area contributed by atoms with Gasteiger partial charge in [-0.2, -0.15) is 10.1 Å². The van der Waals surface area contributed by atoms with Gasteiger partial charge in [0.2, 0.25) is 5.88 Å². The monoisotopic (exact) mass is 232 g/mol. The third kappa shape index (κ3) is 2.17. The zero-order valence-corrected chi connectivity index (χ0v) is 8.86. The van der Waals surface area contributed by atoms with Crippen LogP contribution < -0.4 is 0 Å². The molecule has 0 unspecified atom stereocenters. The molecule has 0 amide bonds. The lowest BCUT2D eigenvalue weighted by molar-refractivity contribution is 0.0596. The molecule has 0 fully saturated rings. The predicted octanol–water partition coefficient (Wildman–Crippen LogP) is 0.426. The van der Waals surface area contributed by atoms with E-state index in [2.05, 4.69) is 24.9 Å². The smallest absolute Gasteiger partial charge is 0.344 e. The molecule has 0 aliphatic carbocycles. The summed E-state index contributed by atoms with van der Waals surface area (Å²) in [5.74, 6) is -0.969. The van der Waals surface area contributed by atoms with Crippen LogP contribution >= 0.6 is 0 Å². The van der Waals surface area contributed by atoms with Gasteiger partial charge in [-0.05, 0) is 12.1 Å². The number of methoxy groups -OCH3 is 1. The third-order valence-electron chi connectivity index (χ3n) is 1.98. The molecule has 1 N–H and O–H groups in total. The normalized spacial score (nSPS) is 9.94. The van der Waals surface area contributed by atoms with Crippen LogP contribution in [0, 0.1) is 0 Å². The fourth-order valence-electron chi connectivity index (χ4n) is 1.17. The Hall–Kier alpha value is -2.57. The summed E-state index contributed by atoms with van der Waals surface area (Å²) < 4.78 is 4.46. The number of rotatable bonds is 2. The lowest BCUT2D eigenvalue weighted by Crippen LogP contribution is -2.04. The number of nitrogens with zero attached hydrogens (tertiary/aromatic N) is 4. The maximum atomic E-state index is 11.2. The van der Waals surface area contributed by atoms with E-state index in [0.717, 1.165) is 0 Å². The lowest BCUT2D eigenvalue weighted by Gasteiger charge is -2.02. The number of ether oxygens (including phenoxy) is 1. The maximum Gasteiger partial charge on any atom is 0.344 e. The summed E-state index contributed by atoms with van der Waals surface area (Å²) in [6.07, 6.45) is 2.68. The van der Waals surface area contributed by atoms with Gasteiger partial charge in [-0.25, -0.2) is 9.78 Å². The molecule has 2 aromatic rings. The summed E-state index contributed by atoms with van der Waals surface area (Å²) in [5, 5.41) is 17.0. The quantitative estimate of drug-likeness (QED) is 0.749. The largest absolute Gasteiger partial charge is 0.493 e. The van der Waals surface area contributed by atoms with Gasteiger partial charge in [0.15, 0.2) is 5.82 Å². The number of carbonyl (C=O) groups excluding carboxylic acids is 1. The van der Waals surface area contributed by atoms with Crippen molar-refractivity contribution in [3.63, 3.8) is 0 Å². The second-order valence-electron chi connectivity index (χ2n) is 3.03. The highest BCUT2D eigenvalue weighted by atomic mass is 16.5. The van der Waals surface area contributed by atoms with Crippen molar-refractivity contribution in [3.8, 4) is 17.4 Å². The summed E-state index contributed by atoms with van der Waals surface area (Å²) in [5.41, 5.74) is 0.305. The van der Waals surface area contributed by atoms with E-state index in [4.69, 9.17) is 0 Å². The minimum atomic E-state index is -0.701. The number of aromatic hydroxyl groups is 1. The Morgan fingerprint density at radius 3 is 2.88 bits per heavy atom. The Balaban J connectivity index is 2.41.